The van der Waals surface area contributed by atoms with Crippen molar-refractivity contribution in [3.8, 4) is 5.75 Å². The van der Waals surface area contributed by atoms with E-state index in [0.717, 1.165) is 11.1 Å². The van der Waals surface area contributed by atoms with E-state index < -0.39 is 17.9 Å². The Morgan fingerprint density at radius 3 is 2.25 bits per heavy atom. The van der Waals surface area contributed by atoms with Crippen LogP contribution in [0.15, 0.2) is 78.9 Å². The van der Waals surface area contributed by atoms with Gasteiger partial charge in [0.15, 0.2) is 0 Å². The lowest BCUT2D eigenvalue weighted by Gasteiger charge is -2.16. The van der Waals surface area contributed by atoms with Gasteiger partial charge in [0.05, 0.1) is 0 Å². The molecule has 0 fully saturated rings. The molecule has 3 N–H and O–H groups in total. The molecule has 0 saturated carbocycles. The topological polar surface area (TPSA) is 105 Å². The van der Waals surface area contributed by atoms with Gasteiger partial charge in [-0.15, -0.1) is 0 Å². The number of nitrogens with one attached hydrogen (secondary N) is 2. The summed E-state index contributed by atoms with van der Waals surface area (Å²) in [5.41, 5.74) is 2.60. The maximum Gasteiger partial charge on any atom is 0.326 e. The van der Waals surface area contributed by atoms with Crippen LogP contribution in [0.2, 0.25) is 0 Å². The highest BCUT2D eigenvalue weighted by Crippen LogP contribution is 2.17. The SMILES string of the molecule is CC(=O)Nc1ccc(C(=O)N[C@H](Cc2cccc(OCc3ccccc3)c2)C(=O)O)cc1. The summed E-state index contributed by atoms with van der Waals surface area (Å²) in [6.07, 6.45) is 0.105. The minimum absolute atomic E-state index is 0.105. The zero-order valence-corrected chi connectivity index (χ0v) is 17.6. The number of aliphatic carboxylic acids is 1. The van der Waals surface area contributed by atoms with Crippen molar-refractivity contribution in [3.63, 3.8) is 0 Å². The van der Waals surface area contributed by atoms with Crippen molar-refractivity contribution in [2.45, 2.75) is 26.0 Å². The average Bonchev–Trinajstić information content (AvgIpc) is 2.78. The molecule has 7 nitrogen and oxygen atoms in total. The Hall–Kier alpha value is -4.13. The Balaban J connectivity index is 1.63. The van der Waals surface area contributed by atoms with E-state index in [1.807, 2.05) is 30.3 Å². The van der Waals surface area contributed by atoms with Crippen LogP contribution in [0, 0.1) is 0 Å². The summed E-state index contributed by atoms with van der Waals surface area (Å²) in [6.45, 7) is 1.79. The van der Waals surface area contributed by atoms with Crippen LogP contribution in [0.5, 0.6) is 5.75 Å². The maximum atomic E-state index is 12.5. The van der Waals surface area contributed by atoms with Gasteiger partial charge in [0.1, 0.15) is 18.4 Å². The molecule has 0 spiro atoms. The summed E-state index contributed by atoms with van der Waals surface area (Å²) >= 11 is 0. The quantitative estimate of drug-likeness (QED) is 0.479. The van der Waals surface area contributed by atoms with Crippen LogP contribution >= 0.6 is 0 Å². The van der Waals surface area contributed by atoms with Crippen LogP contribution in [0.1, 0.15) is 28.4 Å². The summed E-state index contributed by atoms with van der Waals surface area (Å²) < 4.78 is 5.80. The molecule has 32 heavy (non-hydrogen) atoms. The zero-order valence-electron chi connectivity index (χ0n) is 17.6. The normalized spacial score (nSPS) is 11.3. The molecule has 0 bridgehead atoms. The van der Waals surface area contributed by atoms with Crippen molar-refractivity contribution in [2.24, 2.45) is 0 Å². The molecule has 0 aromatic heterocycles. The highest BCUT2D eigenvalue weighted by Gasteiger charge is 2.21. The number of carboxylic acid groups (broad SMARTS) is 1. The van der Waals surface area contributed by atoms with Crippen molar-refractivity contribution in [1.29, 1.82) is 0 Å². The number of carboxylic acids is 1. The van der Waals surface area contributed by atoms with Gasteiger partial charge in [-0.25, -0.2) is 4.79 Å². The molecule has 0 aliphatic heterocycles. The van der Waals surface area contributed by atoms with E-state index in [4.69, 9.17) is 4.74 Å². The third kappa shape index (κ3) is 6.70. The third-order valence-electron chi connectivity index (χ3n) is 4.66. The number of carbonyl (C=O) groups excluding carboxylic acids is 2. The van der Waals surface area contributed by atoms with E-state index >= 15 is 0 Å². The Morgan fingerprint density at radius 1 is 0.906 bits per heavy atom. The summed E-state index contributed by atoms with van der Waals surface area (Å²) in [7, 11) is 0. The average molecular weight is 432 g/mol. The summed E-state index contributed by atoms with van der Waals surface area (Å²) in [5.74, 6) is -1.24. The Bertz CT molecular complexity index is 1080. The van der Waals surface area contributed by atoms with Gasteiger partial charge in [-0.05, 0) is 47.5 Å². The van der Waals surface area contributed by atoms with E-state index in [0.29, 0.717) is 23.6 Å². The molecule has 7 heteroatoms. The fraction of sp³-hybridized carbons (Fsp3) is 0.160. The second-order valence-corrected chi connectivity index (χ2v) is 7.25. The molecule has 164 valence electrons. The molecule has 0 saturated heterocycles. The number of ether oxygens (including phenoxy) is 1. The van der Waals surface area contributed by atoms with E-state index in [9.17, 15) is 19.5 Å². The van der Waals surface area contributed by atoms with Gasteiger partial charge in [-0.3, -0.25) is 9.59 Å². The molecule has 3 rings (SSSR count). The lowest BCUT2D eigenvalue weighted by molar-refractivity contribution is -0.139. The third-order valence-corrected chi connectivity index (χ3v) is 4.66. The number of hydrogen-bond acceptors (Lipinski definition) is 4. The van der Waals surface area contributed by atoms with Gasteiger partial charge in [0.2, 0.25) is 5.91 Å². The number of rotatable bonds is 9. The van der Waals surface area contributed by atoms with Crippen molar-refractivity contribution in [2.75, 3.05) is 5.32 Å². The molecular weight excluding hydrogens is 408 g/mol. The first-order valence-corrected chi connectivity index (χ1v) is 10.1. The predicted molar refractivity (Wildman–Crippen MR) is 121 cm³/mol. The van der Waals surface area contributed by atoms with Gasteiger partial charge < -0.3 is 20.5 Å². The minimum Gasteiger partial charge on any atom is -0.489 e. The van der Waals surface area contributed by atoms with Gasteiger partial charge in [0.25, 0.3) is 5.91 Å². The number of hydrogen-bond donors (Lipinski definition) is 3. The van der Waals surface area contributed by atoms with Crippen LogP contribution in [0.3, 0.4) is 0 Å². The highest BCUT2D eigenvalue weighted by atomic mass is 16.5. The van der Waals surface area contributed by atoms with E-state index in [1.165, 1.54) is 19.1 Å². The first-order valence-electron chi connectivity index (χ1n) is 10.1. The van der Waals surface area contributed by atoms with Crippen LogP contribution in [0.4, 0.5) is 5.69 Å². The molecule has 0 aliphatic rings. The fourth-order valence-corrected chi connectivity index (χ4v) is 3.09. The molecule has 3 aromatic rings. The molecule has 0 aliphatic carbocycles. The second-order valence-electron chi connectivity index (χ2n) is 7.25. The summed E-state index contributed by atoms with van der Waals surface area (Å²) in [6, 6.07) is 22.0. The Kier molecular flexibility index (Phi) is 7.59. The van der Waals surface area contributed by atoms with Crippen LogP contribution in [0.25, 0.3) is 0 Å². The van der Waals surface area contributed by atoms with Gasteiger partial charge in [0, 0.05) is 24.6 Å². The number of benzene rings is 3. The number of carbonyl (C=O) groups is 3. The first-order chi connectivity index (χ1) is 15.4. The molecule has 0 heterocycles. The van der Waals surface area contributed by atoms with E-state index in [2.05, 4.69) is 10.6 Å². The van der Waals surface area contributed by atoms with Gasteiger partial charge in [-0.2, -0.15) is 0 Å². The molecular formula is C25H24N2O5. The standard InChI is InChI=1S/C25H24N2O5/c1-17(28)26-21-12-10-20(11-13-21)24(29)27-23(25(30)31)15-19-8-5-9-22(14-19)32-16-18-6-3-2-4-7-18/h2-14,23H,15-16H2,1H3,(H,26,28)(H,27,29)(H,30,31)/t23-/m1/s1. The smallest absolute Gasteiger partial charge is 0.326 e. The lowest BCUT2D eigenvalue weighted by Crippen LogP contribution is -2.42. The van der Waals surface area contributed by atoms with Crippen molar-refractivity contribution in [1.82, 2.24) is 5.32 Å². The maximum absolute atomic E-state index is 12.5. The lowest BCUT2D eigenvalue weighted by atomic mass is 10.0. The summed E-state index contributed by atoms with van der Waals surface area (Å²) in [4.78, 5) is 35.4. The van der Waals surface area contributed by atoms with Gasteiger partial charge >= 0.3 is 5.97 Å². The number of anilines is 1. The second kappa shape index (κ2) is 10.8. The predicted octanol–water partition coefficient (Wildman–Crippen LogP) is 3.65. The van der Waals surface area contributed by atoms with Crippen LogP contribution in [-0.4, -0.2) is 28.9 Å². The molecule has 1 atom stereocenters. The minimum atomic E-state index is -1.14. The Labute approximate surface area is 186 Å². The summed E-state index contributed by atoms with van der Waals surface area (Å²) in [5, 5.41) is 14.8. The fourth-order valence-electron chi connectivity index (χ4n) is 3.09. The first kappa shape index (κ1) is 22.6. The van der Waals surface area contributed by atoms with Crippen molar-refractivity contribution in [3.05, 3.63) is 95.6 Å². The van der Waals surface area contributed by atoms with E-state index in [-0.39, 0.29) is 12.3 Å². The van der Waals surface area contributed by atoms with E-state index in [1.54, 1.807) is 36.4 Å². The molecule has 2 amide bonds. The highest BCUT2D eigenvalue weighted by molar-refractivity contribution is 5.97. The van der Waals surface area contributed by atoms with Crippen LogP contribution in [-0.2, 0) is 22.6 Å². The van der Waals surface area contributed by atoms with Crippen LogP contribution < -0.4 is 15.4 Å². The molecule has 0 unspecified atom stereocenters. The largest absolute Gasteiger partial charge is 0.489 e. The zero-order chi connectivity index (χ0) is 22.9. The van der Waals surface area contributed by atoms with Crippen molar-refractivity contribution >= 4 is 23.5 Å². The molecule has 0 radical (unpaired) electrons. The van der Waals surface area contributed by atoms with Gasteiger partial charge in [-0.1, -0.05) is 42.5 Å². The monoisotopic (exact) mass is 432 g/mol. The number of amides is 2. The molecule has 3 aromatic carbocycles. The Morgan fingerprint density at radius 2 is 1.59 bits per heavy atom. The van der Waals surface area contributed by atoms with Crippen molar-refractivity contribution < 1.29 is 24.2 Å².